The van der Waals surface area contributed by atoms with Gasteiger partial charge in [0.05, 0.1) is 0 Å². The molecule has 1 atom stereocenters. The average molecular weight is 328 g/mol. The SMILES string of the molecule is Cc1nc(C2CN(C(C)C)CCCN2C(=O)c2ccncc2)n[nH]1. The van der Waals surface area contributed by atoms with Gasteiger partial charge in [-0.3, -0.25) is 19.8 Å². The van der Waals surface area contributed by atoms with Gasteiger partial charge in [-0.05, 0) is 39.3 Å². The van der Waals surface area contributed by atoms with Crippen LogP contribution in [0.2, 0.25) is 0 Å². The number of aromatic amines is 1. The maximum Gasteiger partial charge on any atom is 0.254 e. The van der Waals surface area contributed by atoms with Crippen LogP contribution in [0, 0.1) is 6.92 Å². The normalized spacial score (nSPS) is 19.5. The highest BCUT2D eigenvalue weighted by molar-refractivity contribution is 5.94. The lowest BCUT2D eigenvalue weighted by Crippen LogP contribution is -2.40. The van der Waals surface area contributed by atoms with Crippen LogP contribution in [0.3, 0.4) is 0 Å². The molecule has 128 valence electrons. The number of aryl methyl sites for hydroxylation is 1. The zero-order chi connectivity index (χ0) is 17.1. The fourth-order valence-corrected chi connectivity index (χ4v) is 3.11. The van der Waals surface area contributed by atoms with E-state index in [2.05, 4.69) is 38.9 Å². The van der Waals surface area contributed by atoms with Crippen molar-refractivity contribution in [2.75, 3.05) is 19.6 Å². The fraction of sp³-hybridized carbons (Fsp3) is 0.529. The van der Waals surface area contributed by atoms with Gasteiger partial charge in [0.1, 0.15) is 11.9 Å². The second-order valence-electron chi connectivity index (χ2n) is 6.47. The Morgan fingerprint density at radius 2 is 2.04 bits per heavy atom. The van der Waals surface area contributed by atoms with Crippen molar-refractivity contribution < 1.29 is 4.79 Å². The summed E-state index contributed by atoms with van der Waals surface area (Å²) in [6.45, 7) is 8.65. The third-order valence-electron chi connectivity index (χ3n) is 4.46. The van der Waals surface area contributed by atoms with E-state index >= 15 is 0 Å². The van der Waals surface area contributed by atoms with Crippen LogP contribution >= 0.6 is 0 Å². The van der Waals surface area contributed by atoms with Crippen LogP contribution in [0.15, 0.2) is 24.5 Å². The third-order valence-corrected chi connectivity index (χ3v) is 4.46. The first-order valence-corrected chi connectivity index (χ1v) is 8.40. The van der Waals surface area contributed by atoms with Crippen LogP contribution in [0.5, 0.6) is 0 Å². The van der Waals surface area contributed by atoms with Crippen molar-refractivity contribution in [2.24, 2.45) is 0 Å². The number of nitrogens with zero attached hydrogens (tertiary/aromatic N) is 5. The monoisotopic (exact) mass is 328 g/mol. The second-order valence-corrected chi connectivity index (χ2v) is 6.47. The Bertz CT molecular complexity index is 683. The summed E-state index contributed by atoms with van der Waals surface area (Å²) >= 11 is 0. The highest BCUT2D eigenvalue weighted by Gasteiger charge is 2.33. The molecule has 0 radical (unpaired) electrons. The number of pyridine rings is 1. The number of carbonyl (C=O) groups excluding carboxylic acids is 1. The minimum absolute atomic E-state index is 0.00968. The van der Waals surface area contributed by atoms with Gasteiger partial charge in [0.2, 0.25) is 0 Å². The number of hydrogen-bond donors (Lipinski definition) is 1. The molecule has 0 saturated carbocycles. The zero-order valence-corrected chi connectivity index (χ0v) is 14.4. The first-order chi connectivity index (χ1) is 11.6. The number of amides is 1. The van der Waals surface area contributed by atoms with E-state index in [0.717, 1.165) is 25.3 Å². The van der Waals surface area contributed by atoms with Crippen molar-refractivity contribution in [1.82, 2.24) is 30.0 Å². The van der Waals surface area contributed by atoms with E-state index < -0.39 is 0 Å². The van der Waals surface area contributed by atoms with Crippen LogP contribution in [0.25, 0.3) is 0 Å². The molecule has 2 aromatic heterocycles. The molecule has 3 rings (SSSR count). The van der Waals surface area contributed by atoms with Crippen molar-refractivity contribution in [1.29, 1.82) is 0 Å². The van der Waals surface area contributed by atoms with Crippen LogP contribution < -0.4 is 0 Å². The molecule has 1 aliphatic heterocycles. The van der Waals surface area contributed by atoms with Gasteiger partial charge in [0.25, 0.3) is 5.91 Å². The highest BCUT2D eigenvalue weighted by atomic mass is 16.2. The summed E-state index contributed by atoms with van der Waals surface area (Å²) in [4.78, 5) is 25.8. The summed E-state index contributed by atoms with van der Waals surface area (Å²) in [5, 5.41) is 7.23. The van der Waals surface area contributed by atoms with Crippen molar-refractivity contribution in [2.45, 2.75) is 39.3 Å². The van der Waals surface area contributed by atoms with E-state index in [1.807, 2.05) is 11.8 Å². The average Bonchev–Trinajstić information content (AvgIpc) is 2.89. The summed E-state index contributed by atoms with van der Waals surface area (Å²) in [5.74, 6) is 1.46. The lowest BCUT2D eigenvalue weighted by Gasteiger charge is -2.31. The molecule has 1 N–H and O–H groups in total. The number of nitrogens with one attached hydrogen (secondary N) is 1. The summed E-state index contributed by atoms with van der Waals surface area (Å²) in [6.07, 6.45) is 4.24. The molecule has 0 aliphatic carbocycles. The molecule has 1 unspecified atom stereocenters. The molecule has 0 bridgehead atoms. The Morgan fingerprint density at radius 1 is 1.29 bits per heavy atom. The van der Waals surface area contributed by atoms with Gasteiger partial charge in [-0.1, -0.05) is 0 Å². The van der Waals surface area contributed by atoms with Crippen molar-refractivity contribution >= 4 is 5.91 Å². The smallest absolute Gasteiger partial charge is 0.254 e. The molecule has 24 heavy (non-hydrogen) atoms. The molecule has 1 saturated heterocycles. The third kappa shape index (κ3) is 3.46. The second kappa shape index (κ2) is 7.09. The maximum absolute atomic E-state index is 13.0. The Kier molecular flexibility index (Phi) is 4.89. The van der Waals surface area contributed by atoms with Gasteiger partial charge in [0.15, 0.2) is 5.82 Å². The lowest BCUT2D eigenvalue weighted by atomic mass is 10.1. The van der Waals surface area contributed by atoms with Gasteiger partial charge in [-0.15, -0.1) is 0 Å². The molecule has 3 heterocycles. The van der Waals surface area contributed by atoms with Crippen molar-refractivity contribution in [3.05, 3.63) is 41.7 Å². The van der Waals surface area contributed by atoms with Gasteiger partial charge in [-0.25, -0.2) is 4.98 Å². The molecule has 0 spiro atoms. The number of rotatable bonds is 3. The molecular formula is C17H24N6O. The van der Waals surface area contributed by atoms with Gasteiger partial charge < -0.3 is 4.90 Å². The van der Waals surface area contributed by atoms with E-state index in [9.17, 15) is 4.79 Å². The minimum atomic E-state index is -0.152. The first kappa shape index (κ1) is 16.6. The summed E-state index contributed by atoms with van der Waals surface area (Å²) < 4.78 is 0. The maximum atomic E-state index is 13.0. The Morgan fingerprint density at radius 3 is 2.67 bits per heavy atom. The molecular weight excluding hydrogens is 304 g/mol. The number of aromatic nitrogens is 4. The fourth-order valence-electron chi connectivity index (χ4n) is 3.11. The molecule has 1 aliphatic rings. The highest BCUT2D eigenvalue weighted by Crippen LogP contribution is 2.25. The van der Waals surface area contributed by atoms with Crippen molar-refractivity contribution in [3.8, 4) is 0 Å². The zero-order valence-electron chi connectivity index (χ0n) is 14.4. The van der Waals surface area contributed by atoms with Crippen LogP contribution in [0.4, 0.5) is 0 Å². The molecule has 0 aromatic carbocycles. The van der Waals surface area contributed by atoms with Gasteiger partial charge >= 0.3 is 0 Å². The minimum Gasteiger partial charge on any atom is -0.327 e. The summed E-state index contributed by atoms with van der Waals surface area (Å²) in [5.41, 5.74) is 0.653. The molecule has 7 nitrogen and oxygen atoms in total. The Labute approximate surface area is 142 Å². The van der Waals surface area contributed by atoms with Crippen LogP contribution in [0.1, 0.15) is 48.3 Å². The molecule has 1 fully saturated rings. The predicted octanol–water partition coefficient (Wildman–Crippen LogP) is 1.81. The summed E-state index contributed by atoms with van der Waals surface area (Å²) in [6, 6.07) is 3.78. The standard InChI is InChI=1S/C17H24N6O/c1-12(2)22-9-4-10-23(17(24)14-5-7-18-8-6-14)15(11-22)16-19-13(3)20-21-16/h5-8,12,15H,4,9-11H2,1-3H3,(H,19,20,21). The van der Waals surface area contributed by atoms with E-state index in [1.165, 1.54) is 0 Å². The molecule has 2 aromatic rings. The summed E-state index contributed by atoms with van der Waals surface area (Å²) in [7, 11) is 0. The predicted molar refractivity (Wildman–Crippen MR) is 90.5 cm³/mol. The van der Waals surface area contributed by atoms with Crippen LogP contribution in [-0.2, 0) is 0 Å². The first-order valence-electron chi connectivity index (χ1n) is 8.40. The van der Waals surface area contributed by atoms with E-state index in [1.54, 1.807) is 24.5 Å². The Hall–Kier alpha value is -2.28. The van der Waals surface area contributed by atoms with E-state index in [0.29, 0.717) is 24.0 Å². The molecule has 7 heteroatoms. The quantitative estimate of drug-likeness (QED) is 0.929. The van der Waals surface area contributed by atoms with Gasteiger partial charge in [0, 0.05) is 43.6 Å². The Balaban J connectivity index is 1.93. The van der Waals surface area contributed by atoms with Crippen molar-refractivity contribution in [3.63, 3.8) is 0 Å². The lowest BCUT2D eigenvalue weighted by molar-refractivity contribution is 0.0657. The van der Waals surface area contributed by atoms with E-state index in [-0.39, 0.29) is 11.9 Å². The van der Waals surface area contributed by atoms with Crippen LogP contribution in [-0.4, -0.2) is 61.5 Å². The van der Waals surface area contributed by atoms with E-state index in [4.69, 9.17) is 0 Å². The molecule has 1 amide bonds. The van der Waals surface area contributed by atoms with Gasteiger partial charge in [-0.2, -0.15) is 5.10 Å². The topological polar surface area (TPSA) is 78.0 Å². The largest absolute Gasteiger partial charge is 0.327 e. The number of carbonyl (C=O) groups is 1. The number of H-pyrrole nitrogens is 1. The number of hydrogen-bond acceptors (Lipinski definition) is 5.